The third-order valence-corrected chi connectivity index (χ3v) is 7.30. The summed E-state index contributed by atoms with van der Waals surface area (Å²) in [6.45, 7) is 3.42. The quantitative estimate of drug-likeness (QED) is 0.488. The summed E-state index contributed by atoms with van der Waals surface area (Å²) in [5.41, 5.74) is 6.38. The maximum Gasteiger partial charge on any atom is 0.232 e. The van der Waals surface area contributed by atoms with Crippen LogP contribution in [0.3, 0.4) is 0 Å². The molecule has 1 aromatic carbocycles. The fourth-order valence-electron chi connectivity index (χ4n) is 2.47. The van der Waals surface area contributed by atoms with Crippen molar-refractivity contribution in [3.05, 3.63) is 57.0 Å². The molecular weight excluding hydrogens is 450 g/mol. The summed E-state index contributed by atoms with van der Waals surface area (Å²) < 4.78 is 28.4. The number of benzene rings is 1. The summed E-state index contributed by atoms with van der Waals surface area (Å²) in [5, 5.41) is 4.39. The van der Waals surface area contributed by atoms with Gasteiger partial charge in [-0.25, -0.2) is 18.7 Å². The van der Waals surface area contributed by atoms with Crippen LogP contribution >= 0.6 is 34.4 Å². The molecule has 1 atom stereocenters. The van der Waals surface area contributed by atoms with Crippen LogP contribution in [0.1, 0.15) is 28.8 Å². The summed E-state index contributed by atoms with van der Waals surface area (Å²) in [6.07, 6.45) is 0.0977. The minimum atomic E-state index is -0.615. The molecule has 0 aliphatic rings. The number of carbonyl (C=O) groups excluding carboxylic acids is 2. The van der Waals surface area contributed by atoms with Crippen LogP contribution in [-0.2, 0) is 22.4 Å². The second kappa shape index (κ2) is 9.63. The highest BCUT2D eigenvalue weighted by Crippen LogP contribution is 2.28. The molecule has 0 saturated carbocycles. The van der Waals surface area contributed by atoms with E-state index in [1.807, 2.05) is 0 Å². The zero-order valence-corrected chi connectivity index (χ0v) is 18.5. The molecule has 0 saturated heterocycles. The van der Waals surface area contributed by atoms with Crippen LogP contribution in [0.4, 0.5) is 13.9 Å². The summed E-state index contributed by atoms with van der Waals surface area (Å²) >= 11 is 3.75. The van der Waals surface area contributed by atoms with Crippen molar-refractivity contribution in [2.75, 3.05) is 5.32 Å². The number of aryl methyl sites for hydroxylation is 1. The predicted octanol–water partition coefficient (Wildman–Crippen LogP) is 3.92. The number of aromatic nitrogens is 2. The number of nitrogens with one attached hydrogen (secondary N) is 1. The first-order valence-corrected chi connectivity index (χ1v) is 11.4. The van der Waals surface area contributed by atoms with Crippen molar-refractivity contribution in [1.82, 2.24) is 9.97 Å². The van der Waals surface area contributed by atoms with Gasteiger partial charge in [-0.15, -0.1) is 22.7 Å². The minimum absolute atomic E-state index is 0.0279. The monoisotopic (exact) mass is 468 g/mol. The van der Waals surface area contributed by atoms with Crippen molar-refractivity contribution in [2.45, 2.75) is 36.3 Å². The molecule has 2 heterocycles. The van der Waals surface area contributed by atoms with Gasteiger partial charge >= 0.3 is 0 Å². The van der Waals surface area contributed by atoms with Crippen molar-refractivity contribution >= 4 is 51.4 Å². The second-order valence-electron chi connectivity index (χ2n) is 6.40. The lowest BCUT2D eigenvalue weighted by atomic mass is 10.1. The van der Waals surface area contributed by atoms with E-state index in [2.05, 4.69) is 15.3 Å². The Bertz CT molecular complexity index is 1060. The molecule has 0 spiro atoms. The molecular formula is C19H18F2N4O2S3. The zero-order valence-electron chi connectivity index (χ0n) is 16.1. The first kappa shape index (κ1) is 22.3. The molecule has 3 rings (SSSR count). The van der Waals surface area contributed by atoms with Crippen molar-refractivity contribution < 1.29 is 18.4 Å². The number of hydrogen-bond donors (Lipinski definition) is 2. The molecule has 158 valence electrons. The van der Waals surface area contributed by atoms with E-state index in [1.54, 1.807) is 19.2 Å². The highest BCUT2D eigenvalue weighted by molar-refractivity contribution is 8.02. The van der Waals surface area contributed by atoms with E-state index in [4.69, 9.17) is 5.73 Å². The molecule has 2 amide bonds. The number of amides is 2. The topological polar surface area (TPSA) is 98.0 Å². The first-order valence-electron chi connectivity index (χ1n) is 8.82. The van der Waals surface area contributed by atoms with Gasteiger partial charge in [0.15, 0.2) is 9.47 Å². The molecule has 0 radical (unpaired) electrons. The normalized spacial score (nSPS) is 12.0. The lowest BCUT2D eigenvalue weighted by Crippen LogP contribution is -2.22. The van der Waals surface area contributed by atoms with Gasteiger partial charge in [0.2, 0.25) is 11.8 Å². The number of rotatable bonds is 8. The van der Waals surface area contributed by atoms with Gasteiger partial charge in [-0.2, -0.15) is 0 Å². The SMILES string of the molecule is Cc1nc(NC(=O)Cc2csc(SC(C)C(N)=O)n2)sc1Cc1c(F)cccc1F. The van der Waals surface area contributed by atoms with Gasteiger partial charge in [0.1, 0.15) is 11.6 Å². The second-order valence-corrected chi connectivity index (χ2v) is 9.93. The number of nitrogens with two attached hydrogens (primary N) is 1. The van der Waals surface area contributed by atoms with Crippen LogP contribution in [0.5, 0.6) is 0 Å². The Morgan fingerprint density at radius 3 is 2.63 bits per heavy atom. The van der Waals surface area contributed by atoms with E-state index >= 15 is 0 Å². The van der Waals surface area contributed by atoms with Crippen molar-refractivity contribution in [2.24, 2.45) is 5.73 Å². The van der Waals surface area contributed by atoms with Gasteiger partial charge in [-0.3, -0.25) is 9.59 Å². The molecule has 2 aromatic heterocycles. The number of hydrogen-bond acceptors (Lipinski definition) is 7. The van der Waals surface area contributed by atoms with E-state index in [9.17, 15) is 18.4 Å². The van der Waals surface area contributed by atoms with Gasteiger partial charge in [0.05, 0.1) is 23.1 Å². The first-order chi connectivity index (χ1) is 14.2. The molecule has 11 heteroatoms. The Balaban J connectivity index is 1.62. The Labute approximate surface area is 183 Å². The largest absolute Gasteiger partial charge is 0.369 e. The average molecular weight is 469 g/mol. The van der Waals surface area contributed by atoms with E-state index in [0.717, 1.165) is 0 Å². The number of carbonyl (C=O) groups is 2. The molecule has 0 aliphatic carbocycles. The van der Waals surface area contributed by atoms with Crippen molar-refractivity contribution in [3.63, 3.8) is 0 Å². The molecule has 0 aliphatic heterocycles. The molecule has 1 unspecified atom stereocenters. The van der Waals surface area contributed by atoms with Crippen LogP contribution in [0.15, 0.2) is 27.9 Å². The van der Waals surface area contributed by atoms with Crippen molar-refractivity contribution in [3.8, 4) is 0 Å². The molecule has 6 nitrogen and oxygen atoms in total. The number of halogens is 2. The molecule has 0 fully saturated rings. The lowest BCUT2D eigenvalue weighted by molar-refractivity contribution is -0.117. The summed E-state index contributed by atoms with van der Waals surface area (Å²) in [6, 6.07) is 3.74. The summed E-state index contributed by atoms with van der Waals surface area (Å²) in [4.78, 5) is 32.7. The highest BCUT2D eigenvalue weighted by Gasteiger charge is 2.17. The molecule has 0 bridgehead atoms. The van der Waals surface area contributed by atoms with Crippen LogP contribution < -0.4 is 11.1 Å². The van der Waals surface area contributed by atoms with Crippen LogP contribution in [0.25, 0.3) is 0 Å². The fourth-order valence-corrected chi connectivity index (χ4v) is 5.39. The van der Waals surface area contributed by atoms with E-state index in [0.29, 0.717) is 25.7 Å². The van der Waals surface area contributed by atoms with Gasteiger partial charge in [0.25, 0.3) is 0 Å². The number of nitrogens with zero attached hydrogens (tertiary/aromatic N) is 2. The maximum atomic E-state index is 13.9. The molecule has 30 heavy (non-hydrogen) atoms. The van der Waals surface area contributed by atoms with E-state index < -0.39 is 22.8 Å². The lowest BCUT2D eigenvalue weighted by Gasteiger charge is -2.03. The predicted molar refractivity (Wildman–Crippen MR) is 115 cm³/mol. The Morgan fingerprint density at radius 2 is 1.97 bits per heavy atom. The van der Waals surface area contributed by atoms with E-state index in [-0.39, 0.29) is 24.3 Å². The number of primary amides is 1. The smallest absolute Gasteiger partial charge is 0.232 e. The van der Waals surface area contributed by atoms with Crippen molar-refractivity contribution in [1.29, 1.82) is 0 Å². The van der Waals surface area contributed by atoms with Gasteiger partial charge in [-0.05, 0) is 26.0 Å². The number of anilines is 1. The third kappa shape index (κ3) is 5.61. The zero-order chi connectivity index (χ0) is 21.8. The summed E-state index contributed by atoms with van der Waals surface area (Å²) in [5.74, 6) is -1.97. The van der Waals surface area contributed by atoms with Crippen LogP contribution in [-0.4, -0.2) is 27.0 Å². The van der Waals surface area contributed by atoms with Gasteiger partial charge in [-0.1, -0.05) is 17.8 Å². The Kier molecular flexibility index (Phi) is 7.16. The van der Waals surface area contributed by atoms with Crippen LogP contribution in [0, 0.1) is 18.6 Å². The van der Waals surface area contributed by atoms with Gasteiger partial charge < -0.3 is 11.1 Å². The highest BCUT2D eigenvalue weighted by atomic mass is 32.2. The fraction of sp³-hybridized carbons (Fsp3) is 0.263. The number of thioether (sulfide) groups is 1. The van der Waals surface area contributed by atoms with E-state index in [1.165, 1.54) is 52.6 Å². The van der Waals surface area contributed by atoms with Crippen LogP contribution in [0.2, 0.25) is 0 Å². The number of thiazole rings is 2. The molecule has 3 N–H and O–H groups in total. The summed E-state index contributed by atoms with van der Waals surface area (Å²) in [7, 11) is 0. The Morgan fingerprint density at radius 1 is 1.27 bits per heavy atom. The average Bonchev–Trinajstić information content (AvgIpc) is 3.24. The standard InChI is InChI=1S/C19H18F2N4O2S3/c1-9-15(7-12-13(20)4-3-5-14(12)21)30-18(23-9)25-16(26)6-11-8-28-19(24-11)29-10(2)17(22)27/h3-5,8,10H,6-7H2,1-2H3,(H2,22,27)(H,23,25,26). The Hall–Kier alpha value is -2.37. The maximum absolute atomic E-state index is 13.9. The third-order valence-electron chi connectivity index (χ3n) is 4.09. The van der Waals surface area contributed by atoms with Gasteiger partial charge in [0, 0.05) is 22.2 Å². The molecule has 3 aromatic rings. The minimum Gasteiger partial charge on any atom is -0.369 e.